The molecule has 1 saturated carbocycles. The number of halogens is 2. The van der Waals surface area contributed by atoms with Gasteiger partial charge >= 0.3 is 0 Å². The van der Waals surface area contributed by atoms with Crippen LogP contribution in [-0.2, 0) is 6.42 Å². The van der Waals surface area contributed by atoms with Gasteiger partial charge in [0.2, 0.25) is 0 Å². The van der Waals surface area contributed by atoms with Crippen molar-refractivity contribution < 1.29 is 4.39 Å². The second-order valence-electron chi connectivity index (χ2n) is 6.38. The third kappa shape index (κ3) is 3.79. The summed E-state index contributed by atoms with van der Waals surface area (Å²) >= 11 is 3.45. The van der Waals surface area contributed by atoms with Gasteiger partial charge in [0.15, 0.2) is 0 Å². The third-order valence-corrected chi connectivity index (χ3v) is 5.16. The Morgan fingerprint density at radius 2 is 2.21 bits per heavy atom. The highest BCUT2D eigenvalue weighted by Crippen LogP contribution is 2.37. The first-order chi connectivity index (χ1) is 8.89. The van der Waals surface area contributed by atoms with Crippen molar-refractivity contribution in [2.45, 2.75) is 51.5 Å². The average molecular weight is 328 g/mol. The smallest absolute Gasteiger partial charge is 0.124 e. The lowest BCUT2D eigenvalue weighted by Gasteiger charge is -2.40. The summed E-state index contributed by atoms with van der Waals surface area (Å²) in [4.78, 5) is 0. The molecule has 1 aliphatic carbocycles. The van der Waals surface area contributed by atoms with E-state index in [9.17, 15) is 4.39 Å². The van der Waals surface area contributed by atoms with Crippen molar-refractivity contribution in [3.8, 4) is 0 Å². The van der Waals surface area contributed by atoms with E-state index < -0.39 is 0 Å². The molecule has 1 fully saturated rings. The Balaban J connectivity index is 2.12. The van der Waals surface area contributed by atoms with Crippen molar-refractivity contribution in [2.75, 3.05) is 0 Å². The van der Waals surface area contributed by atoms with E-state index >= 15 is 0 Å². The summed E-state index contributed by atoms with van der Waals surface area (Å²) in [5.41, 5.74) is 7.60. The molecule has 0 amide bonds. The zero-order valence-electron chi connectivity index (χ0n) is 11.8. The zero-order valence-corrected chi connectivity index (χ0v) is 13.3. The maximum Gasteiger partial charge on any atom is 0.124 e. The van der Waals surface area contributed by atoms with E-state index in [1.54, 1.807) is 0 Å². The van der Waals surface area contributed by atoms with Crippen LogP contribution >= 0.6 is 15.9 Å². The van der Waals surface area contributed by atoms with Gasteiger partial charge in [-0.3, -0.25) is 0 Å². The molecule has 1 aliphatic rings. The Kier molecular flexibility index (Phi) is 4.67. The Labute approximate surface area is 123 Å². The van der Waals surface area contributed by atoms with Crippen molar-refractivity contribution in [3.05, 3.63) is 34.1 Å². The summed E-state index contributed by atoms with van der Waals surface area (Å²) in [6, 6.07) is 4.90. The molecule has 2 N–H and O–H groups in total. The summed E-state index contributed by atoms with van der Waals surface area (Å²) in [6.45, 7) is 4.56. The number of nitrogens with two attached hydrogens (primary N) is 1. The second-order valence-corrected chi connectivity index (χ2v) is 7.23. The molecular formula is C16H23BrFN. The molecule has 0 aromatic heterocycles. The molecule has 2 atom stereocenters. The summed E-state index contributed by atoms with van der Waals surface area (Å²) in [5, 5.41) is 0. The van der Waals surface area contributed by atoms with Crippen molar-refractivity contribution in [2.24, 2.45) is 17.6 Å². The van der Waals surface area contributed by atoms with Crippen LogP contribution < -0.4 is 5.73 Å². The van der Waals surface area contributed by atoms with Gasteiger partial charge in [-0.05, 0) is 48.8 Å². The largest absolute Gasteiger partial charge is 0.325 e. The van der Waals surface area contributed by atoms with E-state index in [1.807, 2.05) is 6.07 Å². The lowest BCUT2D eigenvalue weighted by molar-refractivity contribution is 0.182. The molecule has 19 heavy (non-hydrogen) atoms. The van der Waals surface area contributed by atoms with Crippen LogP contribution in [0.2, 0.25) is 0 Å². The quantitative estimate of drug-likeness (QED) is 0.857. The molecule has 0 heterocycles. The first-order valence-electron chi connectivity index (χ1n) is 7.12. The SMILES string of the molecule is CC(C)C1CCCC(N)(Cc2ccc(F)cc2Br)C1. The van der Waals surface area contributed by atoms with Crippen LogP contribution in [0.4, 0.5) is 4.39 Å². The highest BCUT2D eigenvalue weighted by Gasteiger charge is 2.34. The third-order valence-electron chi connectivity index (χ3n) is 4.42. The van der Waals surface area contributed by atoms with Crippen LogP contribution in [0.5, 0.6) is 0 Å². The highest BCUT2D eigenvalue weighted by molar-refractivity contribution is 9.10. The van der Waals surface area contributed by atoms with Crippen LogP contribution in [0.1, 0.15) is 45.1 Å². The summed E-state index contributed by atoms with van der Waals surface area (Å²) in [6.07, 6.45) is 5.48. The van der Waals surface area contributed by atoms with Crippen LogP contribution in [0.15, 0.2) is 22.7 Å². The standard InChI is InChI=1S/C16H23BrFN/c1-11(2)12-4-3-7-16(19,9-12)10-13-5-6-14(18)8-15(13)17/h5-6,8,11-12H,3-4,7,9-10,19H2,1-2H3. The zero-order chi connectivity index (χ0) is 14.0. The van der Waals surface area contributed by atoms with Crippen molar-refractivity contribution in [1.82, 2.24) is 0 Å². The first-order valence-corrected chi connectivity index (χ1v) is 7.92. The van der Waals surface area contributed by atoms with Crippen LogP contribution in [0.3, 0.4) is 0 Å². The van der Waals surface area contributed by atoms with Gasteiger partial charge in [-0.2, -0.15) is 0 Å². The Bertz CT molecular complexity index is 446. The molecule has 3 heteroatoms. The predicted molar refractivity (Wildman–Crippen MR) is 81.5 cm³/mol. The second kappa shape index (κ2) is 5.92. The lowest BCUT2D eigenvalue weighted by Crippen LogP contribution is -2.47. The number of rotatable bonds is 3. The maximum atomic E-state index is 13.1. The molecule has 106 valence electrons. The monoisotopic (exact) mass is 327 g/mol. The molecule has 0 saturated heterocycles. The minimum atomic E-state index is -0.203. The van der Waals surface area contributed by atoms with E-state index in [4.69, 9.17) is 5.73 Å². The summed E-state index contributed by atoms with van der Waals surface area (Å²) < 4.78 is 14.0. The number of hydrogen-bond donors (Lipinski definition) is 1. The van der Waals surface area contributed by atoms with Gasteiger partial charge in [0.1, 0.15) is 5.82 Å². The van der Waals surface area contributed by atoms with Gasteiger partial charge in [-0.1, -0.05) is 48.7 Å². The molecule has 1 aromatic carbocycles. The molecule has 0 radical (unpaired) electrons. The Morgan fingerprint density at radius 1 is 1.47 bits per heavy atom. The predicted octanol–water partition coefficient (Wildman–Crippen LogP) is 4.67. The fourth-order valence-electron chi connectivity index (χ4n) is 3.22. The summed E-state index contributed by atoms with van der Waals surface area (Å²) in [7, 11) is 0. The van der Waals surface area contributed by atoms with Gasteiger partial charge in [0, 0.05) is 10.0 Å². The van der Waals surface area contributed by atoms with E-state index in [0.29, 0.717) is 5.92 Å². The minimum absolute atomic E-state index is 0.131. The molecule has 0 spiro atoms. The molecule has 2 unspecified atom stereocenters. The van der Waals surface area contributed by atoms with Crippen LogP contribution in [0, 0.1) is 17.7 Å². The number of benzene rings is 1. The van der Waals surface area contributed by atoms with Crippen LogP contribution in [0.25, 0.3) is 0 Å². The van der Waals surface area contributed by atoms with E-state index in [-0.39, 0.29) is 11.4 Å². The van der Waals surface area contributed by atoms with Gasteiger partial charge in [-0.25, -0.2) is 4.39 Å². The molecule has 0 aliphatic heterocycles. The Morgan fingerprint density at radius 3 is 2.84 bits per heavy atom. The topological polar surface area (TPSA) is 26.0 Å². The maximum absolute atomic E-state index is 13.1. The van der Waals surface area contributed by atoms with E-state index in [1.165, 1.54) is 25.0 Å². The fourth-order valence-corrected chi connectivity index (χ4v) is 3.71. The minimum Gasteiger partial charge on any atom is -0.325 e. The summed E-state index contributed by atoms with van der Waals surface area (Å²) in [5.74, 6) is 1.21. The van der Waals surface area contributed by atoms with Crippen molar-refractivity contribution in [1.29, 1.82) is 0 Å². The molecule has 1 aromatic rings. The normalized spacial score (nSPS) is 27.8. The van der Waals surface area contributed by atoms with E-state index in [2.05, 4.69) is 29.8 Å². The fraction of sp³-hybridized carbons (Fsp3) is 0.625. The van der Waals surface area contributed by atoms with Crippen LogP contribution in [-0.4, -0.2) is 5.54 Å². The highest BCUT2D eigenvalue weighted by atomic mass is 79.9. The molecule has 1 nitrogen and oxygen atoms in total. The van der Waals surface area contributed by atoms with Gasteiger partial charge in [0.25, 0.3) is 0 Å². The van der Waals surface area contributed by atoms with Gasteiger partial charge in [-0.15, -0.1) is 0 Å². The van der Waals surface area contributed by atoms with Crippen molar-refractivity contribution in [3.63, 3.8) is 0 Å². The van der Waals surface area contributed by atoms with Gasteiger partial charge in [0.05, 0.1) is 0 Å². The number of hydrogen-bond acceptors (Lipinski definition) is 1. The average Bonchev–Trinajstić information content (AvgIpc) is 2.33. The lowest BCUT2D eigenvalue weighted by atomic mass is 9.70. The van der Waals surface area contributed by atoms with Crippen molar-refractivity contribution >= 4 is 15.9 Å². The molecule has 2 rings (SSSR count). The molecular weight excluding hydrogens is 305 g/mol. The van der Waals surface area contributed by atoms with E-state index in [0.717, 1.165) is 35.2 Å². The Hall–Kier alpha value is -0.410. The first kappa shape index (κ1) is 15.0. The van der Waals surface area contributed by atoms with Gasteiger partial charge < -0.3 is 5.73 Å². The molecule has 0 bridgehead atoms.